The van der Waals surface area contributed by atoms with Crippen LogP contribution >= 0.6 is 0 Å². The van der Waals surface area contributed by atoms with Gasteiger partial charge in [0.15, 0.2) is 11.5 Å². The average Bonchev–Trinajstić information content (AvgIpc) is 2.92. The van der Waals surface area contributed by atoms with Crippen molar-refractivity contribution in [2.45, 2.75) is 63.1 Å². The maximum absolute atomic E-state index is 12.9. The molecule has 3 heterocycles. The van der Waals surface area contributed by atoms with Crippen LogP contribution < -0.4 is 20.1 Å². The Bertz CT molecular complexity index is 631. The number of piperidine rings is 1. The van der Waals surface area contributed by atoms with E-state index in [-0.39, 0.29) is 11.9 Å². The number of fused-ring (bicyclic) bond motifs is 3. The maximum Gasteiger partial charge on any atom is 0.230 e. The molecule has 2 atom stereocenters. The molecule has 2 bridgehead atoms. The number of hydrogen-bond acceptors (Lipinski definition) is 4. The molecule has 3 aliphatic heterocycles. The molecule has 130 valence electrons. The lowest BCUT2D eigenvalue weighted by Gasteiger charge is -2.33. The van der Waals surface area contributed by atoms with Gasteiger partial charge in [-0.25, -0.2) is 0 Å². The number of carbonyl (C=O) groups excluding carboxylic acids is 1. The van der Waals surface area contributed by atoms with Crippen LogP contribution in [-0.4, -0.2) is 37.2 Å². The summed E-state index contributed by atoms with van der Waals surface area (Å²) in [4.78, 5) is 12.9. The molecule has 2 saturated heterocycles. The van der Waals surface area contributed by atoms with Gasteiger partial charge in [-0.05, 0) is 57.2 Å². The highest BCUT2D eigenvalue weighted by Gasteiger charge is 2.37. The van der Waals surface area contributed by atoms with Crippen LogP contribution in [-0.2, 0) is 10.2 Å². The lowest BCUT2D eigenvalue weighted by Crippen LogP contribution is -2.51. The van der Waals surface area contributed by atoms with Crippen LogP contribution in [0.3, 0.4) is 0 Å². The van der Waals surface area contributed by atoms with E-state index in [0.717, 1.165) is 29.9 Å². The highest BCUT2D eigenvalue weighted by atomic mass is 16.6. The molecule has 2 unspecified atom stereocenters. The lowest BCUT2D eigenvalue weighted by molar-refractivity contribution is -0.126. The Hall–Kier alpha value is -1.75. The summed E-state index contributed by atoms with van der Waals surface area (Å²) in [5.41, 5.74) is 0.362. The fourth-order valence-electron chi connectivity index (χ4n) is 4.10. The molecule has 1 amide bonds. The third-order valence-electron chi connectivity index (χ3n) is 5.64. The largest absolute Gasteiger partial charge is 0.486 e. The molecular weight excluding hydrogens is 304 g/mol. The van der Waals surface area contributed by atoms with Gasteiger partial charge in [-0.3, -0.25) is 4.79 Å². The molecule has 0 spiro atoms. The number of amides is 1. The molecule has 5 nitrogen and oxygen atoms in total. The van der Waals surface area contributed by atoms with Gasteiger partial charge in [0.2, 0.25) is 5.91 Å². The van der Waals surface area contributed by atoms with Gasteiger partial charge < -0.3 is 20.1 Å². The monoisotopic (exact) mass is 330 g/mol. The topological polar surface area (TPSA) is 59.6 Å². The number of ether oxygens (including phenoxy) is 2. The summed E-state index contributed by atoms with van der Waals surface area (Å²) in [6, 6.07) is 7.26. The molecule has 4 rings (SSSR count). The molecule has 1 aromatic carbocycles. The second-order valence-electron chi connectivity index (χ2n) is 7.76. The second kappa shape index (κ2) is 5.96. The van der Waals surface area contributed by atoms with E-state index in [0.29, 0.717) is 25.3 Å². The first-order valence-electron chi connectivity index (χ1n) is 8.99. The predicted molar refractivity (Wildman–Crippen MR) is 91.6 cm³/mol. The summed E-state index contributed by atoms with van der Waals surface area (Å²) in [5, 5.41) is 6.90. The van der Waals surface area contributed by atoms with Gasteiger partial charge in [-0.15, -0.1) is 0 Å². The second-order valence-corrected chi connectivity index (χ2v) is 7.76. The molecule has 0 radical (unpaired) electrons. The number of rotatable bonds is 3. The number of carbonyl (C=O) groups is 1. The summed E-state index contributed by atoms with van der Waals surface area (Å²) in [6.45, 7) is 5.09. The van der Waals surface area contributed by atoms with Crippen LogP contribution in [0, 0.1) is 0 Å². The van der Waals surface area contributed by atoms with Crippen LogP contribution in [0.4, 0.5) is 0 Å². The third-order valence-corrected chi connectivity index (χ3v) is 5.64. The van der Waals surface area contributed by atoms with Gasteiger partial charge in [0.1, 0.15) is 13.2 Å². The smallest absolute Gasteiger partial charge is 0.230 e. The van der Waals surface area contributed by atoms with Gasteiger partial charge in [-0.2, -0.15) is 0 Å². The molecular formula is C19H26N2O3. The quantitative estimate of drug-likeness (QED) is 0.891. The molecule has 0 saturated carbocycles. The van der Waals surface area contributed by atoms with Crippen LogP contribution in [0.5, 0.6) is 11.5 Å². The van der Waals surface area contributed by atoms with E-state index in [4.69, 9.17) is 9.47 Å². The Morgan fingerprint density at radius 1 is 1.12 bits per heavy atom. The number of benzene rings is 1. The van der Waals surface area contributed by atoms with E-state index < -0.39 is 5.41 Å². The summed E-state index contributed by atoms with van der Waals surface area (Å²) in [5.74, 6) is 1.58. The van der Waals surface area contributed by atoms with E-state index in [2.05, 4.69) is 10.6 Å². The normalized spacial score (nSPS) is 28.5. The summed E-state index contributed by atoms with van der Waals surface area (Å²) in [6.07, 6.45) is 4.56. The van der Waals surface area contributed by atoms with E-state index in [1.54, 1.807) is 0 Å². The average molecular weight is 330 g/mol. The van der Waals surface area contributed by atoms with Crippen molar-refractivity contribution in [1.29, 1.82) is 0 Å². The molecule has 1 aromatic rings. The van der Waals surface area contributed by atoms with E-state index in [1.165, 1.54) is 12.8 Å². The zero-order chi connectivity index (χ0) is 16.7. The summed E-state index contributed by atoms with van der Waals surface area (Å²) in [7, 11) is 0. The summed E-state index contributed by atoms with van der Waals surface area (Å²) < 4.78 is 11.2. The Morgan fingerprint density at radius 2 is 1.79 bits per heavy atom. The Morgan fingerprint density at radius 3 is 2.50 bits per heavy atom. The SMILES string of the molecule is CC(C)(C(=O)NC1CC2CCC(C1)N2)c1ccc2c(c1)OCCO2. The van der Waals surface area contributed by atoms with Crippen molar-refractivity contribution < 1.29 is 14.3 Å². The Labute approximate surface area is 143 Å². The Kier molecular flexibility index (Phi) is 3.91. The third kappa shape index (κ3) is 2.86. The Balaban J connectivity index is 1.48. The van der Waals surface area contributed by atoms with Crippen molar-refractivity contribution >= 4 is 5.91 Å². The fraction of sp³-hybridized carbons (Fsp3) is 0.632. The van der Waals surface area contributed by atoms with Crippen molar-refractivity contribution in [3.8, 4) is 11.5 Å². The zero-order valence-corrected chi connectivity index (χ0v) is 14.4. The number of hydrogen-bond donors (Lipinski definition) is 2. The standard InChI is InChI=1S/C19H26N2O3/c1-19(2,12-3-6-16-17(9-12)24-8-7-23-16)18(22)21-15-10-13-4-5-14(11-15)20-13/h3,6,9,13-15,20H,4-5,7-8,10-11H2,1-2H3,(H,21,22). The first-order chi connectivity index (χ1) is 11.5. The minimum atomic E-state index is -0.597. The van der Waals surface area contributed by atoms with E-state index in [9.17, 15) is 4.79 Å². The summed E-state index contributed by atoms with van der Waals surface area (Å²) >= 11 is 0. The fourth-order valence-corrected chi connectivity index (χ4v) is 4.10. The van der Waals surface area contributed by atoms with Crippen molar-refractivity contribution in [2.24, 2.45) is 0 Å². The van der Waals surface area contributed by atoms with Crippen LogP contribution in [0.15, 0.2) is 18.2 Å². The van der Waals surface area contributed by atoms with Crippen molar-refractivity contribution in [3.63, 3.8) is 0 Å². The number of nitrogens with one attached hydrogen (secondary N) is 2. The van der Waals surface area contributed by atoms with Gasteiger partial charge in [-0.1, -0.05) is 6.07 Å². The van der Waals surface area contributed by atoms with Crippen LogP contribution in [0.25, 0.3) is 0 Å². The minimum Gasteiger partial charge on any atom is -0.486 e. The molecule has 2 N–H and O–H groups in total. The first-order valence-corrected chi connectivity index (χ1v) is 8.99. The van der Waals surface area contributed by atoms with Crippen molar-refractivity contribution in [3.05, 3.63) is 23.8 Å². The minimum absolute atomic E-state index is 0.0884. The maximum atomic E-state index is 12.9. The van der Waals surface area contributed by atoms with Crippen LogP contribution in [0.1, 0.15) is 45.1 Å². The van der Waals surface area contributed by atoms with Gasteiger partial charge >= 0.3 is 0 Å². The van der Waals surface area contributed by atoms with E-state index >= 15 is 0 Å². The molecule has 5 heteroatoms. The molecule has 0 aliphatic carbocycles. The van der Waals surface area contributed by atoms with Crippen molar-refractivity contribution in [1.82, 2.24) is 10.6 Å². The van der Waals surface area contributed by atoms with Gasteiger partial charge in [0.25, 0.3) is 0 Å². The van der Waals surface area contributed by atoms with E-state index in [1.807, 2.05) is 32.0 Å². The molecule has 2 fully saturated rings. The first kappa shape index (κ1) is 15.8. The lowest BCUT2D eigenvalue weighted by atomic mass is 9.82. The predicted octanol–water partition coefficient (Wildman–Crippen LogP) is 2.13. The van der Waals surface area contributed by atoms with Crippen LogP contribution in [0.2, 0.25) is 0 Å². The molecule has 24 heavy (non-hydrogen) atoms. The van der Waals surface area contributed by atoms with Gasteiger partial charge in [0, 0.05) is 18.1 Å². The highest BCUT2D eigenvalue weighted by Crippen LogP contribution is 2.35. The van der Waals surface area contributed by atoms with Gasteiger partial charge in [0.05, 0.1) is 5.41 Å². The zero-order valence-electron chi connectivity index (χ0n) is 14.4. The molecule has 0 aromatic heterocycles. The molecule has 3 aliphatic rings. The van der Waals surface area contributed by atoms with Crippen molar-refractivity contribution in [2.75, 3.05) is 13.2 Å². The highest BCUT2D eigenvalue weighted by molar-refractivity contribution is 5.87.